The predicted molar refractivity (Wildman–Crippen MR) is 113 cm³/mol. The maximum atomic E-state index is 12.7. The first-order valence-corrected chi connectivity index (χ1v) is 10.7. The van der Waals surface area contributed by atoms with Gasteiger partial charge in [-0.05, 0) is 51.7 Å². The molecule has 0 aliphatic carbocycles. The largest absolute Gasteiger partial charge is 0.444 e. The van der Waals surface area contributed by atoms with Crippen molar-refractivity contribution in [1.82, 2.24) is 14.8 Å². The summed E-state index contributed by atoms with van der Waals surface area (Å²) < 4.78 is 5.44. The van der Waals surface area contributed by atoms with Gasteiger partial charge in [0.05, 0.1) is 5.02 Å². The Balaban J connectivity index is 1.40. The van der Waals surface area contributed by atoms with Gasteiger partial charge in [0, 0.05) is 51.9 Å². The highest BCUT2D eigenvalue weighted by Gasteiger charge is 2.29. The highest BCUT2D eigenvalue weighted by molar-refractivity contribution is 6.30. The third kappa shape index (κ3) is 6.23. The molecule has 2 amide bonds. The summed E-state index contributed by atoms with van der Waals surface area (Å²) in [4.78, 5) is 35.1. The third-order valence-corrected chi connectivity index (χ3v) is 5.62. The summed E-state index contributed by atoms with van der Waals surface area (Å²) in [5.74, 6) is 1.44. The van der Waals surface area contributed by atoms with Crippen LogP contribution >= 0.6 is 11.6 Å². The lowest BCUT2D eigenvalue weighted by Gasteiger charge is -2.37. The summed E-state index contributed by atoms with van der Waals surface area (Å²) in [7, 11) is 0. The van der Waals surface area contributed by atoms with Crippen molar-refractivity contribution in [3.8, 4) is 0 Å². The number of hydrogen-bond acceptors (Lipinski definition) is 5. The lowest BCUT2D eigenvalue weighted by molar-refractivity contribution is -0.132. The lowest BCUT2D eigenvalue weighted by Crippen LogP contribution is -2.49. The highest BCUT2D eigenvalue weighted by Crippen LogP contribution is 2.24. The van der Waals surface area contributed by atoms with Crippen LogP contribution in [0, 0.1) is 5.92 Å². The number of piperidine rings is 1. The first-order chi connectivity index (χ1) is 13.7. The molecule has 3 heterocycles. The zero-order valence-electron chi connectivity index (χ0n) is 17.6. The number of hydrogen-bond donors (Lipinski definition) is 0. The predicted octanol–water partition coefficient (Wildman–Crippen LogP) is 3.42. The van der Waals surface area contributed by atoms with Gasteiger partial charge < -0.3 is 19.4 Å². The number of amides is 2. The number of anilines is 1. The van der Waals surface area contributed by atoms with E-state index in [1.807, 2.05) is 37.8 Å². The smallest absolute Gasteiger partial charge is 0.410 e. The molecule has 0 unspecified atom stereocenters. The van der Waals surface area contributed by atoms with E-state index in [4.69, 9.17) is 16.3 Å². The number of piperazine rings is 1. The number of aromatic nitrogens is 1. The van der Waals surface area contributed by atoms with Crippen molar-refractivity contribution >= 4 is 29.4 Å². The van der Waals surface area contributed by atoms with Gasteiger partial charge in [0.25, 0.3) is 0 Å². The third-order valence-electron chi connectivity index (χ3n) is 5.40. The molecule has 2 aliphatic heterocycles. The van der Waals surface area contributed by atoms with E-state index in [1.54, 1.807) is 11.1 Å². The van der Waals surface area contributed by atoms with Gasteiger partial charge in [-0.2, -0.15) is 0 Å². The molecule has 3 rings (SSSR count). The maximum Gasteiger partial charge on any atom is 0.410 e. The molecule has 7 nitrogen and oxygen atoms in total. The first-order valence-electron chi connectivity index (χ1n) is 10.3. The average molecular weight is 423 g/mol. The molecule has 2 aliphatic rings. The Morgan fingerprint density at radius 1 is 1.07 bits per heavy atom. The number of likely N-dealkylation sites (tertiary alicyclic amines) is 1. The van der Waals surface area contributed by atoms with Crippen molar-refractivity contribution in [3.63, 3.8) is 0 Å². The molecule has 0 spiro atoms. The van der Waals surface area contributed by atoms with Crippen molar-refractivity contribution in [3.05, 3.63) is 23.4 Å². The Morgan fingerprint density at radius 2 is 1.72 bits per heavy atom. The number of ether oxygens (including phenoxy) is 1. The van der Waals surface area contributed by atoms with E-state index in [1.165, 1.54) is 0 Å². The summed E-state index contributed by atoms with van der Waals surface area (Å²) in [6.07, 6.45) is 3.65. The number of carbonyl (C=O) groups excluding carboxylic acids is 2. The van der Waals surface area contributed by atoms with Crippen molar-refractivity contribution in [2.75, 3.05) is 44.2 Å². The van der Waals surface area contributed by atoms with Crippen LogP contribution < -0.4 is 4.90 Å². The average Bonchev–Trinajstić information content (AvgIpc) is 2.68. The normalized spacial score (nSPS) is 18.7. The number of rotatable bonds is 3. The minimum absolute atomic E-state index is 0.212. The molecule has 0 radical (unpaired) electrons. The summed E-state index contributed by atoms with van der Waals surface area (Å²) in [6.45, 7) is 9.90. The van der Waals surface area contributed by atoms with Crippen LogP contribution in [0.25, 0.3) is 0 Å². The van der Waals surface area contributed by atoms with Gasteiger partial charge in [-0.3, -0.25) is 4.79 Å². The molecule has 8 heteroatoms. The molecule has 0 aromatic carbocycles. The van der Waals surface area contributed by atoms with Gasteiger partial charge in [-0.25, -0.2) is 9.78 Å². The molecular weight excluding hydrogens is 392 g/mol. The van der Waals surface area contributed by atoms with Crippen LogP contribution in [0.1, 0.15) is 40.0 Å². The van der Waals surface area contributed by atoms with Gasteiger partial charge in [0.15, 0.2) is 0 Å². The molecule has 0 N–H and O–H groups in total. The number of halogens is 1. The summed E-state index contributed by atoms with van der Waals surface area (Å²) in [6, 6.07) is 3.75. The maximum absolute atomic E-state index is 12.7. The second-order valence-electron chi connectivity index (χ2n) is 8.82. The molecule has 0 saturated carbocycles. The molecule has 160 valence electrons. The first kappa shape index (κ1) is 21.7. The zero-order chi connectivity index (χ0) is 21.0. The number of pyridine rings is 1. The van der Waals surface area contributed by atoms with Crippen molar-refractivity contribution < 1.29 is 14.3 Å². The van der Waals surface area contributed by atoms with Crippen LogP contribution in [0.15, 0.2) is 18.3 Å². The van der Waals surface area contributed by atoms with E-state index < -0.39 is 5.60 Å². The van der Waals surface area contributed by atoms with E-state index in [0.29, 0.717) is 43.5 Å². The van der Waals surface area contributed by atoms with Crippen molar-refractivity contribution in [1.29, 1.82) is 0 Å². The van der Waals surface area contributed by atoms with Crippen LogP contribution in [-0.2, 0) is 9.53 Å². The minimum atomic E-state index is -0.479. The zero-order valence-corrected chi connectivity index (χ0v) is 18.3. The standard InChI is InChI=1S/C21H31ClN4O3/c1-21(2,3)29-20(28)26-8-6-16(7-9-26)14-19(27)25-12-10-24(11-13-25)18-5-4-17(22)15-23-18/h4-5,15-16H,6-14H2,1-3H3. The van der Waals surface area contributed by atoms with Gasteiger partial charge >= 0.3 is 6.09 Å². The van der Waals surface area contributed by atoms with Gasteiger partial charge in [0.2, 0.25) is 5.91 Å². The van der Waals surface area contributed by atoms with Crippen LogP contribution in [0.5, 0.6) is 0 Å². The van der Waals surface area contributed by atoms with Crippen LogP contribution in [-0.4, -0.2) is 71.7 Å². The van der Waals surface area contributed by atoms with Gasteiger partial charge in [-0.15, -0.1) is 0 Å². The SMILES string of the molecule is CC(C)(C)OC(=O)N1CCC(CC(=O)N2CCN(c3ccc(Cl)cn3)CC2)CC1. The molecule has 29 heavy (non-hydrogen) atoms. The number of nitrogens with zero attached hydrogens (tertiary/aromatic N) is 4. The lowest BCUT2D eigenvalue weighted by atomic mass is 9.93. The molecule has 2 saturated heterocycles. The fourth-order valence-corrected chi connectivity index (χ4v) is 3.87. The number of carbonyl (C=O) groups is 2. The molecular formula is C21H31ClN4O3. The van der Waals surface area contributed by atoms with E-state index in [9.17, 15) is 9.59 Å². The summed E-state index contributed by atoms with van der Waals surface area (Å²) in [5, 5.41) is 0.625. The fourth-order valence-electron chi connectivity index (χ4n) is 3.76. The summed E-state index contributed by atoms with van der Waals surface area (Å²) >= 11 is 5.90. The van der Waals surface area contributed by atoms with Gasteiger partial charge in [-0.1, -0.05) is 11.6 Å². The van der Waals surface area contributed by atoms with Crippen LogP contribution in [0.2, 0.25) is 5.02 Å². The second kappa shape index (κ2) is 9.20. The Hall–Kier alpha value is -2.02. The molecule has 2 fully saturated rings. The monoisotopic (exact) mass is 422 g/mol. The van der Waals surface area contributed by atoms with Gasteiger partial charge in [0.1, 0.15) is 11.4 Å². The van der Waals surface area contributed by atoms with E-state index in [2.05, 4.69) is 9.88 Å². The van der Waals surface area contributed by atoms with Crippen molar-refractivity contribution in [2.45, 2.75) is 45.6 Å². The molecule has 0 bridgehead atoms. The topological polar surface area (TPSA) is 66.0 Å². The van der Waals surface area contributed by atoms with E-state index >= 15 is 0 Å². The Bertz CT molecular complexity index is 704. The minimum Gasteiger partial charge on any atom is -0.444 e. The van der Waals surface area contributed by atoms with Crippen LogP contribution in [0.3, 0.4) is 0 Å². The van der Waals surface area contributed by atoms with Crippen LogP contribution in [0.4, 0.5) is 10.6 Å². The van der Waals surface area contributed by atoms with Crippen molar-refractivity contribution in [2.24, 2.45) is 5.92 Å². The fraction of sp³-hybridized carbons (Fsp3) is 0.667. The Morgan fingerprint density at radius 3 is 2.28 bits per heavy atom. The van der Waals surface area contributed by atoms with E-state index in [-0.39, 0.29) is 12.0 Å². The Kier molecular flexibility index (Phi) is 6.88. The molecule has 1 aromatic rings. The highest BCUT2D eigenvalue weighted by atomic mass is 35.5. The molecule has 1 aromatic heterocycles. The quantitative estimate of drug-likeness (QED) is 0.746. The molecule has 0 atom stereocenters. The summed E-state index contributed by atoms with van der Waals surface area (Å²) in [5.41, 5.74) is -0.479. The Labute approximate surface area is 177 Å². The second-order valence-corrected chi connectivity index (χ2v) is 9.25. The van der Waals surface area contributed by atoms with E-state index in [0.717, 1.165) is 31.7 Å².